The summed E-state index contributed by atoms with van der Waals surface area (Å²) in [5.74, 6) is -0.121. The molecule has 1 aromatic heterocycles. The Balaban J connectivity index is 1.74. The molecule has 1 aliphatic heterocycles. The van der Waals surface area contributed by atoms with Crippen molar-refractivity contribution in [2.75, 3.05) is 26.2 Å². The fourth-order valence-corrected chi connectivity index (χ4v) is 3.44. The van der Waals surface area contributed by atoms with Gasteiger partial charge < -0.3 is 15.0 Å². The Hall–Kier alpha value is -1.40. The molecule has 21 heavy (non-hydrogen) atoms. The van der Waals surface area contributed by atoms with Gasteiger partial charge in [0.1, 0.15) is 0 Å². The van der Waals surface area contributed by atoms with Crippen LogP contribution in [0.5, 0.6) is 0 Å². The molecule has 0 aliphatic carbocycles. The third kappa shape index (κ3) is 4.54. The first-order valence-electron chi connectivity index (χ1n) is 7.41. The zero-order valence-corrected chi connectivity index (χ0v) is 13.2. The molecule has 2 heterocycles. The standard InChI is InChI=1S/C15H22N2O3S/c1-2-20-15(19)7-8-16-11-14(18)17-9-3-5-12(17)13-6-4-10-21-13/h4,6,10,12,16H,2-3,5,7-9,11H2,1H3. The Morgan fingerprint density at radius 2 is 2.38 bits per heavy atom. The molecule has 1 unspecified atom stereocenters. The molecule has 6 heteroatoms. The quantitative estimate of drug-likeness (QED) is 0.618. The molecule has 1 atom stereocenters. The van der Waals surface area contributed by atoms with Crippen LogP contribution in [-0.4, -0.2) is 43.0 Å². The molecule has 1 fully saturated rings. The van der Waals surface area contributed by atoms with Gasteiger partial charge in [0.25, 0.3) is 0 Å². The number of rotatable bonds is 7. The lowest BCUT2D eigenvalue weighted by Crippen LogP contribution is -2.38. The number of hydrogen-bond donors (Lipinski definition) is 1. The molecule has 0 saturated carbocycles. The van der Waals surface area contributed by atoms with Crippen molar-refractivity contribution in [2.45, 2.75) is 32.2 Å². The summed E-state index contributed by atoms with van der Waals surface area (Å²) in [5.41, 5.74) is 0. The molecule has 0 spiro atoms. The number of nitrogens with one attached hydrogen (secondary N) is 1. The summed E-state index contributed by atoms with van der Waals surface area (Å²) in [7, 11) is 0. The highest BCUT2D eigenvalue weighted by Gasteiger charge is 2.29. The van der Waals surface area contributed by atoms with Crippen LogP contribution in [0.3, 0.4) is 0 Å². The van der Waals surface area contributed by atoms with E-state index >= 15 is 0 Å². The number of nitrogens with zero attached hydrogens (tertiary/aromatic N) is 1. The van der Waals surface area contributed by atoms with Gasteiger partial charge >= 0.3 is 5.97 Å². The van der Waals surface area contributed by atoms with Crippen molar-refractivity contribution in [1.29, 1.82) is 0 Å². The summed E-state index contributed by atoms with van der Waals surface area (Å²) >= 11 is 1.70. The third-order valence-corrected chi connectivity index (χ3v) is 4.51. The first-order chi connectivity index (χ1) is 10.2. The molecule has 1 aliphatic rings. The van der Waals surface area contributed by atoms with E-state index in [-0.39, 0.29) is 24.5 Å². The lowest BCUT2D eigenvalue weighted by molar-refractivity contribution is -0.143. The molecule has 1 saturated heterocycles. The Bertz CT molecular complexity index is 461. The smallest absolute Gasteiger partial charge is 0.307 e. The number of esters is 1. The number of thiophene rings is 1. The van der Waals surface area contributed by atoms with Gasteiger partial charge in [-0.3, -0.25) is 9.59 Å². The van der Waals surface area contributed by atoms with E-state index in [1.165, 1.54) is 4.88 Å². The third-order valence-electron chi connectivity index (χ3n) is 3.53. The SMILES string of the molecule is CCOC(=O)CCNCC(=O)N1CCCC1c1cccs1. The van der Waals surface area contributed by atoms with Crippen LogP contribution in [0.1, 0.15) is 37.1 Å². The van der Waals surface area contributed by atoms with Crippen molar-refractivity contribution in [1.82, 2.24) is 10.2 Å². The summed E-state index contributed by atoms with van der Waals surface area (Å²) in [5, 5.41) is 5.08. The maximum atomic E-state index is 12.3. The van der Waals surface area contributed by atoms with E-state index in [1.54, 1.807) is 18.3 Å². The highest BCUT2D eigenvalue weighted by molar-refractivity contribution is 7.10. The normalized spacial score (nSPS) is 18.0. The maximum absolute atomic E-state index is 12.3. The van der Waals surface area contributed by atoms with Crippen LogP contribution in [0.15, 0.2) is 17.5 Å². The highest BCUT2D eigenvalue weighted by Crippen LogP contribution is 2.34. The second-order valence-corrected chi connectivity index (χ2v) is 5.97. The van der Waals surface area contributed by atoms with Gasteiger partial charge in [-0.15, -0.1) is 11.3 Å². The second kappa shape index (κ2) is 8.14. The molecule has 0 aromatic carbocycles. The van der Waals surface area contributed by atoms with Crippen molar-refractivity contribution in [2.24, 2.45) is 0 Å². The van der Waals surface area contributed by atoms with E-state index in [2.05, 4.69) is 11.4 Å². The molecule has 0 bridgehead atoms. The fraction of sp³-hybridized carbons (Fsp3) is 0.600. The van der Waals surface area contributed by atoms with Crippen LogP contribution in [0.2, 0.25) is 0 Å². The molecule has 116 valence electrons. The Kier molecular flexibility index (Phi) is 6.20. The number of amides is 1. The lowest BCUT2D eigenvalue weighted by atomic mass is 10.2. The predicted octanol–water partition coefficient (Wildman–Crippen LogP) is 1.95. The first-order valence-corrected chi connectivity index (χ1v) is 8.29. The van der Waals surface area contributed by atoms with E-state index < -0.39 is 0 Å². The van der Waals surface area contributed by atoms with E-state index in [9.17, 15) is 9.59 Å². The van der Waals surface area contributed by atoms with E-state index in [0.717, 1.165) is 19.4 Å². The molecule has 1 aromatic rings. The maximum Gasteiger partial charge on any atom is 0.307 e. The molecule has 1 N–H and O–H groups in total. The van der Waals surface area contributed by atoms with Gasteiger partial charge in [-0.05, 0) is 31.2 Å². The van der Waals surface area contributed by atoms with Crippen molar-refractivity contribution in [3.8, 4) is 0 Å². The van der Waals surface area contributed by atoms with Crippen molar-refractivity contribution in [3.63, 3.8) is 0 Å². The summed E-state index contributed by atoms with van der Waals surface area (Å²) in [4.78, 5) is 26.7. The van der Waals surface area contributed by atoms with Crippen LogP contribution < -0.4 is 5.32 Å². The van der Waals surface area contributed by atoms with Crippen LogP contribution in [-0.2, 0) is 14.3 Å². The summed E-state index contributed by atoms with van der Waals surface area (Å²) in [6.07, 6.45) is 2.39. The van der Waals surface area contributed by atoms with Crippen LogP contribution in [0, 0.1) is 0 Å². The van der Waals surface area contributed by atoms with Gasteiger partial charge in [0.2, 0.25) is 5.91 Å². The van der Waals surface area contributed by atoms with Gasteiger partial charge in [0.05, 0.1) is 25.6 Å². The van der Waals surface area contributed by atoms with Gasteiger partial charge in [0.15, 0.2) is 0 Å². The molecule has 5 nitrogen and oxygen atoms in total. The number of carbonyl (C=O) groups excluding carboxylic acids is 2. The number of carbonyl (C=O) groups is 2. The minimum Gasteiger partial charge on any atom is -0.466 e. The largest absolute Gasteiger partial charge is 0.466 e. The van der Waals surface area contributed by atoms with Crippen LogP contribution in [0.4, 0.5) is 0 Å². The minimum absolute atomic E-state index is 0.106. The van der Waals surface area contributed by atoms with Crippen molar-refractivity contribution in [3.05, 3.63) is 22.4 Å². The van der Waals surface area contributed by atoms with E-state index in [0.29, 0.717) is 19.6 Å². The highest BCUT2D eigenvalue weighted by atomic mass is 32.1. The van der Waals surface area contributed by atoms with Crippen LogP contribution in [0.25, 0.3) is 0 Å². The molecule has 0 radical (unpaired) electrons. The van der Waals surface area contributed by atoms with E-state index in [4.69, 9.17) is 4.74 Å². The Morgan fingerprint density at radius 3 is 3.10 bits per heavy atom. The van der Waals surface area contributed by atoms with Gasteiger partial charge in [-0.25, -0.2) is 0 Å². The zero-order valence-electron chi connectivity index (χ0n) is 12.3. The summed E-state index contributed by atoms with van der Waals surface area (Å²) in [6.45, 7) is 3.76. The van der Waals surface area contributed by atoms with Crippen molar-refractivity contribution < 1.29 is 14.3 Å². The number of hydrogen-bond acceptors (Lipinski definition) is 5. The molecule has 1 amide bonds. The monoisotopic (exact) mass is 310 g/mol. The average molecular weight is 310 g/mol. The average Bonchev–Trinajstić information content (AvgIpc) is 3.13. The Labute approximate surface area is 129 Å². The first kappa shape index (κ1) is 16.0. The molecular weight excluding hydrogens is 288 g/mol. The molecular formula is C15H22N2O3S. The number of ether oxygens (including phenoxy) is 1. The van der Waals surface area contributed by atoms with Gasteiger partial charge in [-0.2, -0.15) is 0 Å². The predicted molar refractivity (Wildman–Crippen MR) is 82.1 cm³/mol. The molecule has 2 rings (SSSR count). The van der Waals surface area contributed by atoms with Gasteiger partial charge in [-0.1, -0.05) is 6.07 Å². The second-order valence-electron chi connectivity index (χ2n) is 4.99. The lowest BCUT2D eigenvalue weighted by Gasteiger charge is -2.24. The Morgan fingerprint density at radius 1 is 1.52 bits per heavy atom. The summed E-state index contributed by atoms with van der Waals surface area (Å²) in [6, 6.07) is 4.34. The topological polar surface area (TPSA) is 58.6 Å². The van der Waals surface area contributed by atoms with Gasteiger partial charge in [0, 0.05) is 18.0 Å². The fourth-order valence-electron chi connectivity index (χ4n) is 2.56. The zero-order chi connectivity index (χ0) is 15.1. The van der Waals surface area contributed by atoms with Crippen molar-refractivity contribution >= 4 is 23.2 Å². The summed E-state index contributed by atoms with van der Waals surface area (Å²) < 4.78 is 4.84. The van der Waals surface area contributed by atoms with Crippen LogP contribution >= 0.6 is 11.3 Å². The van der Waals surface area contributed by atoms with E-state index in [1.807, 2.05) is 16.3 Å². The number of likely N-dealkylation sites (tertiary alicyclic amines) is 1. The minimum atomic E-state index is -0.227.